The second-order valence-electron chi connectivity index (χ2n) is 5.33. The highest BCUT2D eigenvalue weighted by Gasteiger charge is 2.32. The Morgan fingerprint density at radius 2 is 2.33 bits per heavy atom. The van der Waals surface area contributed by atoms with E-state index in [1.54, 1.807) is 4.68 Å². The Balaban J connectivity index is 2.12. The van der Waals surface area contributed by atoms with E-state index in [0.29, 0.717) is 12.2 Å². The minimum Gasteiger partial charge on any atom is -0.409 e. The van der Waals surface area contributed by atoms with Gasteiger partial charge < -0.3 is 16.3 Å². The number of carbonyl (C=O) groups is 1. The van der Waals surface area contributed by atoms with E-state index in [1.165, 1.54) is 0 Å². The molecule has 0 aromatic carbocycles. The lowest BCUT2D eigenvalue weighted by Crippen LogP contribution is -2.43. The summed E-state index contributed by atoms with van der Waals surface area (Å²) in [6, 6.07) is 1.74. The van der Waals surface area contributed by atoms with Crippen LogP contribution >= 0.6 is 0 Å². The van der Waals surface area contributed by atoms with Gasteiger partial charge in [0.2, 0.25) is 0 Å². The number of hydrogen-bond acceptors (Lipinski definition) is 4. The number of hydrogen-bond donors (Lipinski definition) is 3. The maximum absolute atomic E-state index is 12.5. The first-order valence-electron chi connectivity index (χ1n) is 7.45. The molecule has 1 fully saturated rings. The van der Waals surface area contributed by atoms with E-state index in [4.69, 9.17) is 10.9 Å². The molecule has 7 heteroatoms. The number of nitrogens with zero attached hydrogens (tertiary/aromatic N) is 3. The molecule has 21 heavy (non-hydrogen) atoms. The summed E-state index contributed by atoms with van der Waals surface area (Å²) in [5, 5.41) is 19.3. The van der Waals surface area contributed by atoms with E-state index >= 15 is 0 Å². The zero-order valence-corrected chi connectivity index (χ0v) is 12.5. The van der Waals surface area contributed by atoms with Gasteiger partial charge in [-0.15, -0.1) is 0 Å². The number of oxime groups is 1. The van der Waals surface area contributed by atoms with Crippen LogP contribution in [0.25, 0.3) is 0 Å². The predicted octanol–water partition coefficient (Wildman–Crippen LogP) is 1.11. The van der Waals surface area contributed by atoms with Crippen LogP contribution in [-0.4, -0.2) is 32.8 Å². The SMILES string of the molecule is CCc1cc(C(=O)NC2CCCC2C(N)=NO)n(CC)n1. The van der Waals surface area contributed by atoms with E-state index < -0.39 is 0 Å². The molecule has 4 N–H and O–H groups in total. The predicted molar refractivity (Wildman–Crippen MR) is 79.3 cm³/mol. The Kier molecular flexibility index (Phi) is 4.82. The van der Waals surface area contributed by atoms with Crippen LogP contribution in [0, 0.1) is 5.92 Å². The molecule has 1 aromatic heterocycles. The lowest BCUT2D eigenvalue weighted by Gasteiger charge is -2.19. The molecule has 1 aliphatic rings. The molecule has 1 heterocycles. The average Bonchev–Trinajstić information content (AvgIpc) is 3.12. The van der Waals surface area contributed by atoms with Gasteiger partial charge in [-0.1, -0.05) is 18.5 Å². The molecular weight excluding hydrogens is 270 g/mol. The summed E-state index contributed by atoms with van der Waals surface area (Å²) >= 11 is 0. The number of rotatable bonds is 5. The van der Waals surface area contributed by atoms with Gasteiger partial charge in [-0.2, -0.15) is 5.10 Å². The Morgan fingerprint density at radius 3 is 2.95 bits per heavy atom. The summed E-state index contributed by atoms with van der Waals surface area (Å²) in [7, 11) is 0. The Hall–Kier alpha value is -2.05. The van der Waals surface area contributed by atoms with Crippen molar-refractivity contribution < 1.29 is 10.0 Å². The topological polar surface area (TPSA) is 106 Å². The first-order valence-corrected chi connectivity index (χ1v) is 7.45. The highest BCUT2D eigenvalue weighted by Crippen LogP contribution is 2.26. The third-order valence-corrected chi connectivity index (χ3v) is 4.05. The molecule has 0 bridgehead atoms. The summed E-state index contributed by atoms with van der Waals surface area (Å²) in [5.41, 5.74) is 7.17. The van der Waals surface area contributed by atoms with Crippen LogP contribution in [0.5, 0.6) is 0 Å². The van der Waals surface area contributed by atoms with Gasteiger partial charge in [-0.3, -0.25) is 9.48 Å². The molecular formula is C14H23N5O2. The number of nitrogens with two attached hydrogens (primary N) is 1. The number of amides is 1. The molecule has 2 atom stereocenters. The van der Waals surface area contributed by atoms with Crippen molar-refractivity contribution in [3.8, 4) is 0 Å². The fraction of sp³-hybridized carbons (Fsp3) is 0.643. The molecule has 1 aliphatic carbocycles. The number of aromatic nitrogens is 2. The summed E-state index contributed by atoms with van der Waals surface area (Å²) in [6.07, 6.45) is 3.42. The second kappa shape index (κ2) is 6.60. The second-order valence-corrected chi connectivity index (χ2v) is 5.33. The minimum atomic E-state index is -0.147. The van der Waals surface area contributed by atoms with Crippen LogP contribution < -0.4 is 11.1 Å². The van der Waals surface area contributed by atoms with Crippen molar-refractivity contribution in [3.05, 3.63) is 17.5 Å². The summed E-state index contributed by atoms with van der Waals surface area (Å²) < 4.78 is 1.71. The van der Waals surface area contributed by atoms with Crippen LogP contribution in [0.4, 0.5) is 0 Å². The Labute approximate surface area is 124 Å². The van der Waals surface area contributed by atoms with Crippen LogP contribution in [0.3, 0.4) is 0 Å². The van der Waals surface area contributed by atoms with Gasteiger partial charge in [0.25, 0.3) is 5.91 Å². The van der Waals surface area contributed by atoms with E-state index in [9.17, 15) is 4.79 Å². The van der Waals surface area contributed by atoms with Gasteiger partial charge in [0.05, 0.1) is 5.69 Å². The first-order chi connectivity index (χ1) is 10.1. The first kappa shape index (κ1) is 15.3. The van der Waals surface area contributed by atoms with Crippen molar-refractivity contribution in [2.24, 2.45) is 16.8 Å². The van der Waals surface area contributed by atoms with Gasteiger partial charge in [0.1, 0.15) is 11.5 Å². The standard InChI is InChI=1S/C14H23N5O2/c1-3-9-8-12(19(4-2)17-9)14(20)16-11-7-5-6-10(11)13(15)18-21/h8,10-11,21H,3-7H2,1-2H3,(H2,15,18)(H,16,20). The Bertz CT molecular complexity index is 537. The van der Waals surface area contributed by atoms with Crippen molar-refractivity contribution in [2.45, 2.75) is 52.1 Å². The van der Waals surface area contributed by atoms with E-state index in [0.717, 1.165) is 31.4 Å². The van der Waals surface area contributed by atoms with Gasteiger partial charge in [-0.05, 0) is 32.3 Å². The summed E-state index contributed by atoms with van der Waals surface area (Å²) in [5.74, 6) is -0.0506. The highest BCUT2D eigenvalue weighted by atomic mass is 16.4. The quantitative estimate of drug-likeness (QED) is 0.327. The average molecular weight is 293 g/mol. The third-order valence-electron chi connectivity index (χ3n) is 4.05. The monoisotopic (exact) mass is 293 g/mol. The molecule has 1 saturated carbocycles. The lowest BCUT2D eigenvalue weighted by atomic mass is 10.0. The highest BCUT2D eigenvalue weighted by molar-refractivity contribution is 5.93. The van der Waals surface area contributed by atoms with Crippen molar-refractivity contribution >= 4 is 11.7 Å². The van der Waals surface area contributed by atoms with Crippen molar-refractivity contribution in [1.29, 1.82) is 0 Å². The fourth-order valence-electron chi connectivity index (χ4n) is 2.87. The smallest absolute Gasteiger partial charge is 0.269 e. The van der Waals surface area contributed by atoms with Gasteiger partial charge in [0.15, 0.2) is 0 Å². The maximum Gasteiger partial charge on any atom is 0.269 e. The van der Waals surface area contributed by atoms with E-state index in [2.05, 4.69) is 15.6 Å². The third kappa shape index (κ3) is 3.17. The molecule has 0 radical (unpaired) electrons. The van der Waals surface area contributed by atoms with Crippen LogP contribution in [0.2, 0.25) is 0 Å². The molecule has 7 nitrogen and oxygen atoms in total. The molecule has 0 saturated heterocycles. The molecule has 0 spiro atoms. The molecule has 0 aliphatic heterocycles. The molecule has 2 unspecified atom stereocenters. The van der Waals surface area contributed by atoms with E-state index in [-0.39, 0.29) is 23.7 Å². The van der Waals surface area contributed by atoms with E-state index in [1.807, 2.05) is 19.9 Å². The maximum atomic E-state index is 12.5. The zero-order chi connectivity index (χ0) is 15.4. The minimum absolute atomic E-state index is 0.0846. The molecule has 116 valence electrons. The van der Waals surface area contributed by atoms with Crippen LogP contribution in [0.1, 0.15) is 49.3 Å². The number of carbonyl (C=O) groups excluding carboxylic acids is 1. The van der Waals surface area contributed by atoms with Crippen LogP contribution in [-0.2, 0) is 13.0 Å². The zero-order valence-electron chi connectivity index (χ0n) is 12.5. The Morgan fingerprint density at radius 1 is 1.57 bits per heavy atom. The van der Waals surface area contributed by atoms with Gasteiger partial charge >= 0.3 is 0 Å². The number of amidine groups is 1. The van der Waals surface area contributed by atoms with Gasteiger partial charge in [-0.25, -0.2) is 0 Å². The molecule has 2 rings (SSSR count). The molecule has 1 amide bonds. The lowest BCUT2D eigenvalue weighted by molar-refractivity contribution is 0.0922. The fourth-order valence-corrected chi connectivity index (χ4v) is 2.87. The van der Waals surface area contributed by atoms with Gasteiger partial charge in [0, 0.05) is 18.5 Å². The summed E-state index contributed by atoms with van der Waals surface area (Å²) in [4.78, 5) is 12.5. The van der Waals surface area contributed by atoms with Crippen molar-refractivity contribution in [3.63, 3.8) is 0 Å². The number of nitrogens with one attached hydrogen (secondary N) is 1. The summed E-state index contributed by atoms with van der Waals surface area (Å²) in [6.45, 7) is 4.62. The largest absolute Gasteiger partial charge is 0.409 e. The van der Waals surface area contributed by atoms with Crippen molar-refractivity contribution in [2.75, 3.05) is 0 Å². The molecule has 1 aromatic rings. The van der Waals surface area contributed by atoms with Crippen LogP contribution in [0.15, 0.2) is 11.2 Å². The van der Waals surface area contributed by atoms with Crippen molar-refractivity contribution in [1.82, 2.24) is 15.1 Å². The normalized spacial score (nSPS) is 22.5. The number of aryl methyl sites for hydroxylation is 2.